The third kappa shape index (κ3) is 5.06. The van der Waals surface area contributed by atoms with Gasteiger partial charge in [0, 0.05) is 36.1 Å². The molecule has 176 valence electrons. The maximum atomic E-state index is 12.8. The van der Waals surface area contributed by atoms with Gasteiger partial charge < -0.3 is 15.2 Å². The highest BCUT2D eigenvalue weighted by atomic mass is 35.5. The van der Waals surface area contributed by atoms with Gasteiger partial charge in [-0.1, -0.05) is 23.4 Å². The monoisotopic (exact) mass is 487 g/mol. The lowest BCUT2D eigenvalue weighted by Gasteiger charge is -2.56. The molecular formula is C24H30ClN5O2S. The number of nitrogens with one attached hydrogen (secondary N) is 2. The molecule has 1 aromatic heterocycles. The van der Waals surface area contributed by atoms with Crippen LogP contribution in [-0.2, 0) is 18.3 Å². The van der Waals surface area contributed by atoms with Crippen molar-refractivity contribution in [2.45, 2.75) is 55.6 Å². The van der Waals surface area contributed by atoms with Crippen molar-refractivity contribution < 1.29 is 9.59 Å². The number of benzene rings is 1. The van der Waals surface area contributed by atoms with Gasteiger partial charge in [0.2, 0.25) is 5.91 Å². The number of amides is 2. The first-order valence-electron chi connectivity index (χ1n) is 11.7. The van der Waals surface area contributed by atoms with E-state index in [4.69, 9.17) is 11.6 Å². The Bertz CT molecular complexity index is 1000. The second-order valence-corrected chi connectivity index (χ2v) is 11.4. The van der Waals surface area contributed by atoms with E-state index in [1.54, 1.807) is 24.3 Å². The summed E-state index contributed by atoms with van der Waals surface area (Å²) in [6, 6.07) is 6.79. The topological polar surface area (TPSA) is 88.9 Å². The fourth-order valence-electron chi connectivity index (χ4n) is 6.41. The molecule has 7 nitrogen and oxygen atoms in total. The fourth-order valence-corrected chi connectivity index (χ4v) is 7.26. The van der Waals surface area contributed by atoms with E-state index in [1.165, 1.54) is 31.0 Å². The van der Waals surface area contributed by atoms with Crippen LogP contribution in [0.5, 0.6) is 0 Å². The van der Waals surface area contributed by atoms with E-state index in [0.29, 0.717) is 29.3 Å². The molecule has 2 N–H and O–H groups in total. The van der Waals surface area contributed by atoms with Crippen LogP contribution in [0, 0.1) is 17.8 Å². The number of nitrogens with zero attached hydrogens (tertiary/aromatic N) is 3. The Labute approximate surface area is 203 Å². The molecule has 1 aromatic carbocycles. The molecule has 0 spiro atoms. The second kappa shape index (κ2) is 9.29. The highest BCUT2D eigenvalue weighted by Crippen LogP contribution is 2.55. The average molecular weight is 488 g/mol. The molecular weight excluding hydrogens is 458 g/mol. The third-order valence-corrected chi connectivity index (χ3v) is 8.71. The van der Waals surface area contributed by atoms with Crippen molar-refractivity contribution in [3.05, 3.63) is 40.7 Å². The van der Waals surface area contributed by atoms with Gasteiger partial charge in [0.1, 0.15) is 5.82 Å². The number of aromatic nitrogens is 3. The normalized spacial score (nSPS) is 27.5. The standard InChI is InChI=1S/C24H30ClN5O2S/c1-30-20(6-7-26-22(32)18-2-4-19(25)5-3-18)28-29-23(30)33-14-21(31)27-24-11-15-8-16(12-24)10-17(9-15)13-24/h2-5,15-17H,6-14H2,1H3,(H,26,32)(H,27,31). The summed E-state index contributed by atoms with van der Waals surface area (Å²) in [5.41, 5.74) is 0.610. The van der Waals surface area contributed by atoms with Gasteiger partial charge in [-0.3, -0.25) is 9.59 Å². The SMILES string of the molecule is Cn1c(CCNC(=O)c2ccc(Cl)cc2)nnc1SCC(=O)NC12CC3CC(CC(C3)C1)C2. The zero-order valence-electron chi connectivity index (χ0n) is 18.8. The van der Waals surface area contributed by atoms with Crippen LogP contribution < -0.4 is 10.6 Å². The summed E-state index contributed by atoms with van der Waals surface area (Å²) in [7, 11) is 1.90. The van der Waals surface area contributed by atoms with Crippen molar-refractivity contribution in [2.75, 3.05) is 12.3 Å². The number of carbonyl (C=O) groups excluding carboxylic acids is 2. The molecule has 0 saturated heterocycles. The Morgan fingerprint density at radius 2 is 1.73 bits per heavy atom. The minimum atomic E-state index is -0.148. The zero-order chi connectivity index (χ0) is 23.0. The summed E-state index contributed by atoms with van der Waals surface area (Å²) < 4.78 is 1.90. The van der Waals surface area contributed by atoms with Gasteiger partial charge in [0.15, 0.2) is 5.16 Å². The second-order valence-electron chi connectivity index (χ2n) is 10.0. The molecule has 1 heterocycles. The highest BCUT2D eigenvalue weighted by Gasteiger charge is 2.51. The van der Waals surface area contributed by atoms with E-state index in [9.17, 15) is 9.59 Å². The minimum Gasteiger partial charge on any atom is -0.352 e. The highest BCUT2D eigenvalue weighted by molar-refractivity contribution is 7.99. The predicted octanol–water partition coefficient (Wildman–Crippen LogP) is 3.62. The number of rotatable bonds is 8. The summed E-state index contributed by atoms with van der Waals surface area (Å²) in [5, 5.41) is 16.1. The van der Waals surface area contributed by atoms with Gasteiger partial charge >= 0.3 is 0 Å². The van der Waals surface area contributed by atoms with E-state index < -0.39 is 0 Å². The largest absolute Gasteiger partial charge is 0.352 e. The molecule has 6 rings (SSSR count). The molecule has 33 heavy (non-hydrogen) atoms. The molecule has 0 aliphatic heterocycles. The van der Waals surface area contributed by atoms with Crippen LogP contribution in [0.4, 0.5) is 0 Å². The Balaban J connectivity index is 1.09. The van der Waals surface area contributed by atoms with Gasteiger partial charge in [-0.25, -0.2) is 0 Å². The van der Waals surface area contributed by atoms with Gasteiger partial charge in [-0.2, -0.15) is 0 Å². The fraction of sp³-hybridized carbons (Fsp3) is 0.583. The first kappa shape index (κ1) is 22.7. The van der Waals surface area contributed by atoms with Crippen molar-refractivity contribution in [2.24, 2.45) is 24.8 Å². The minimum absolute atomic E-state index is 0.0414. The lowest BCUT2D eigenvalue weighted by molar-refractivity contribution is -0.124. The average Bonchev–Trinajstić information content (AvgIpc) is 3.11. The summed E-state index contributed by atoms with van der Waals surface area (Å²) in [4.78, 5) is 25.0. The van der Waals surface area contributed by atoms with Crippen molar-refractivity contribution in [1.82, 2.24) is 25.4 Å². The van der Waals surface area contributed by atoms with Crippen LogP contribution in [0.1, 0.15) is 54.7 Å². The number of carbonyl (C=O) groups is 2. The molecule has 9 heteroatoms. The first-order valence-corrected chi connectivity index (χ1v) is 13.1. The van der Waals surface area contributed by atoms with Crippen LogP contribution in [0.15, 0.2) is 29.4 Å². The zero-order valence-corrected chi connectivity index (χ0v) is 20.4. The molecule has 4 bridgehead atoms. The Kier molecular flexibility index (Phi) is 6.40. The number of thioether (sulfide) groups is 1. The van der Waals surface area contributed by atoms with Crippen molar-refractivity contribution in [1.29, 1.82) is 0 Å². The third-order valence-electron chi connectivity index (χ3n) is 7.44. The molecule has 4 aliphatic rings. The molecule has 4 fully saturated rings. The van der Waals surface area contributed by atoms with E-state index in [2.05, 4.69) is 20.8 Å². The van der Waals surface area contributed by atoms with Gasteiger partial charge in [0.25, 0.3) is 5.91 Å². The van der Waals surface area contributed by atoms with Gasteiger partial charge in [-0.15, -0.1) is 10.2 Å². The molecule has 4 aliphatic carbocycles. The smallest absolute Gasteiger partial charge is 0.251 e. The Morgan fingerprint density at radius 1 is 1.09 bits per heavy atom. The lowest BCUT2D eigenvalue weighted by atomic mass is 9.53. The van der Waals surface area contributed by atoms with Crippen molar-refractivity contribution >= 4 is 35.2 Å². The van der Waals surface area contributed by atoms with Gasteiger partial charge in [0.05, 0.1) is 5.75 Å². The predicted molar refractivity (Wildman–Crippen MR) is 128 cm³/mol. The molecule has 0 unspecified atom stereocenters. The van der Waals surface area contributed by atoms with Crippen LogP contribution in [-0.4, -0.2) is 44.4 Å². The van der Waals surface area contributed by atoms with Crippen molar-refractivity contribution in [3.8, 4) is 0 Å². The van der Waals surface area contributed by atoms with Crippen molar-refractivity contribution in [3.63, 3.8) is 0 Å². The summed E-state index contributed by atoms with van der Waals surface area (Å²) in [6.07, 6.45) is 8.13. The van der Waals surface area contributed by atoms with Crippen LogP contribution in [0.3, 0.4) is 0 Å². The summed E-state index contributed by atoms with van der Waals surface area (Å²) >= 11 is 7.29. The number of hydrogen-bond acceptors (Lipinski definition) is 5. The summed E-state index contributed by atoms with van der Waals surface area (Å²) in [5.74, 6) is 3.50. The van der Waals surface area contributed by atoms with Crippen LogP contribution in [0.25, 0.3) is 0 Å². The number of hydrogen-bond donors (Lipinski definition) is 2. The first-order chi connectivity index (χ1) is 15.9. The van der Waals surface area contributed by atoms with Crippen LogP contribution >= 0.6 is 23.4 Å². The molecule has 0 atom stereocenters. The van der Waals surface area contributed by atoms with Crippen LogP contribution in [0.2, 0.25) is 5.02 Å². The maximum absolute atomic E-state index is 12.8. The molecule has 2 amide bonds. The Morgan fingerprint density at radius 3 is 2.36 bits per heavy atom. The Hall–Kier alpha value is -2.06. The lowest BCUT2D eigenvalue weighted by Crippen LogP contribution is -2.60. The molecule has 0 radical (unpaired) electrons. The number of halogens is 1. The van der Waals surface area contributed by atoms with E-state index in [-0.39, 0.29) is 17.4 Å². The quantitative estimate of drug-likeness (QED) is 0.555. The molecule has 4 saturated carbocycles. The summed E-state index contributed by atoms with van der Waals surface area (Å²) in [6.45, 7) is 0.449. The molecule has 2 aromatic rings. The van der Waals surface area contributed by atoms with E-state index >= 15 is 0 Å². The van der Waals surface area contributed by atoms with E-state index in [0.717, 1.165) is 48.0 Å². The van der Waals surface area contributed by atoms with E-state index in [1.807, 2.05) is 11.6 Å². The maximum Gasteiger partial charge on any atom is 0.251 e. The van der Waals surface area contributed by atoms with Gasteiger partial charge in [-0.05, 0) is 80.5 Å².